The fraction of sp³-hybridized carbons (Fsp3) is 0.471. The van der Waals surface area contributed by atoms with Gasteiger partial charge in [-0.05, 0) is 18.6 Å². The third-order valence-electron chi connectivity index (χ3n) is 4.79. The molecule has 0 saturated carbocycles. The molecule has 0 bridgehead atoms. The van der Waals surface area contributed by atoms with Crippen molar-refractivity contribution in [3.63, 3.8) is 0 Å². The zero-order chi connectivity index (χ0) is 16.4. The standard InChI is InChI=1S/C17H21N5O2/c23-17(15-10-16(24-20-15)13-2-1-4-19-11-13)22-7-3-14(12-22)21-8-5-18-6-9-21/h1-2,4,10-11,14,18H,3,5-9,12H2. The van der Waals surface area contributed by atoms with Crippen LogP contribution in [0.5, 0.6) is 0 Å². The molecule has 24 heavy (non-hydrogen) atoms. The number of rotatable bonds is 3. The first-order valence-electron chi connectivity index (χ1n) is 8.42. The van der Waals surface area contributed by atoms with Crippen LogP contribution in [0, 0.1) is 0 Å². The summed E-state index contributed by atoms with van der Waals surface area (Å²) in [5, 5.41) is 7.32. The quantitative estimate of drug-likeness (QED) is 0.901. The topological polar surface area (TPSA) is 74.5 Å². The first-order chi connectivity index (χ1) is 11.8. The molecule has 2 aromatic rings. The predicted molar refractivity (Wildman–Crippen MR) is 88.5 cm³/mol. The van der Waals surface area contributed by atoms with E-state index < -0.39 is 0 Å². The van der Waals surface area contributed by atoms with Gasteiger partial charge in [0, 0.05) is 69.3 Å². The number of aromatic nitrogens is 2. The maximum Gasteiger partial charge on any atom is 0.276 e. The number of carbonyl (C=O) groups is 1. The lowest BCUT2D eigenvalue weighted by Crippen LogP contribution is -2.49. The number of pyridine rings is 1. The molecule has 2 fully saturated rings. The minimum absolute atomic E-state index is 0.0495. The van der Waals surface area contributed by atoms with E-state index in [1.54, 1.807) is 18.5 Å². The van der Waals surface area contributed by atoms with E-state index in [1.165, 1.54) is 0 Å². The first kappa shape index (κ1) is 15.3. The average molecular weight is 327 g/mol. The van der Waals surface area contributed by atoms with Crippen molar-refractivity contribution in [2.45, 2.75) is 12.5 Å². The Bertz CT molecular complexity index is 696. The summed E-state index contributed by atoms with van der Waals surface area (Å²) in [7, 11) is 0. The molecule has 0 aromatic carbocycles. The zero-order valence-electron chi connectivity index (χ0n) is 13.5. The Balaban J connectivity index is 1.42. The van der Waals surface area contributed by atoms with Crippen molar-refractivity contribution in [3.05, 3.63) is 36.3 Å². The fourth-order valence-electron chi connectivity index (χ4n) is 3.45. The molecule has 2 aliphatic rings. The molecular formula is C17H21N5O2. The van der Waals surface area contributed by atoms with E-state index >= 15 is 0 Å². The SMILES string of the molecule is O=C(c1cc(-c2cccnc2)on1)N1CCC(N2CCNCC2)C1. The van der Waals surface area contributed by atoms with Gasteiger partial charge in [-0.1, -0.05) is 5.16 Å². The van der Waals surface area contributed by atoms with Crippen LogP contribution < -0.4 is 5.32 Å². The van der Waals surface area contributed by atoms with Crippen molar-refractivity contribution in [1.82, 2.24) is 25.3 Å². The van der Waals surface area contributed by atoms with Crippen molar-refractivity contribution >= 4 is 5.91 Å². The van der Waals surface area contributed by atoms with E-state index in [1.807, 2.05) is 17.0 Å². The largest absolute Gasteiger partial charge is 0.355 e. The minimum Gasteiger partial charge on any atom is -0.355 e. The molecule has 1 unspecified atom stereocenters. The Hall–Kier alpha value is -2.25. The van der Waals surface area contributed by atoms with Crippen molar-refractivity contribution in [2.24, 2.45) is 0 Å². The summed E-state index contributed by atoms with van der Waals surface area (Å²) in [6.07, 6.45) is 4.43. The van der Waals surface area contributed by atoms with Gasteiger partial charge in [0.15, 0.2) is 11.5 Å². The lowest BCUT2D eigenvalue weighted by atomic mass is 10.2. The molecule has 2 aromatic heterocycles. The van der Waals surface area contributed by atoms with Gasteiger partial charge in [0.25, 0.3) is 5.91 Å². The van der Waals surface area contributed by atoms with Crippen LogP contribution in [0.15, 0.2) is 35.1 Å². The maximum absolute atomic E-state index is 12.7. The third-order valence-corrected chi connectivity index (χ3v) is 4.79. The lowest BCUT2D eigenvalue weighted by Gasteiger charge is -2.32. The van der Waals surface area contributed by atoms with E-state index in [2.05, 4.69) is 20.4 Å². The highest BCUT2D eigenvalue weighted by Gasteiger charge is 2.32. The lowest BCUT2D eigenvalue weighted by molar-refractivity contribution is 0.0763. The fourth-order valence-corrected chi connectivity index (χ4v) is 3.45. The number of likely N-dealkylation sites (tertiary alicyclic amines) is 1. The summed E-state index contributed by atoms with van der Waals surface area (Å²) >= 11 is 0. The predicted octanol–water partition coefficient (Wildman–Crippen LogP) is 0.856. The summed E-state index contributed by atoms with van der Waals surface area (Å²) in [5.74, 6) is 0.524. The second kappa shape index (κ2) is 6.70. The van der Waals surface area contributed by atoms with Gasteiger partial charge in [-0.2, -0.15) is 0 Å². The Morgan fingerprint density at radius 1 is 1.29 bits per heavy atom. The number of amides is 1. The summed E-state index contributed by atoms with van der Waals surface area (Å²) in [6.45, 7) is 5.73. The van der Waals surface area contributed by atoms with Crippen molar-refractivity contribution < 1.29 is 9.32 Å². The average Bonchev–Trinajstić information content (AvgIpc) is 3.33. The van der Waals surface area contributed by atoms with Crippen LogP contribution in [0.2, 0.25) is 0 Å². The molecular weight excluding hydrogens is 306 g/mol. The molecule has 2 aliphatic heterocycles. The van der Waals surface area contributed by atoms with E-state index in [0.29, 0.717) is 17.5 Å². The van der Waals surface area contributed by atoms with Crippen LogP contribution in [-0.4, -0.2) is 71.2 Å². The number of hydrogen-bond donors (Lipinski definition) is 1. The van der Waals surface area contributed by atoms with Crippen molar-refractivity contribution in [3.8, 4) is 11.3 Å². The number of nitrogens with one attached hydrogen (secondary N) is 1. The molecule has 4 rings (SSSR count). The van der Waals surface area contributed by atoms with Crippen LogP contribution in [0.4, 0.5) is 0 Å². The number of hydrogen-bond acceptors (Lipinski definition) is 6. The Kier molecular flexibility index (Phi) is 4.27. The Labute approximate surface area is 140 Å². The van der Waals surface area contributed by atoms with E-state index in [0.717, 1.165) is 51.3 Å². The van der Waals surface area contributed by atoms with Crippen LogP contribution in [0.3, 0.4) is 0 Å². The highest BCUT2D eigenvalue weighted by Crippen LogP contribution is 2.22. The van der Waals surface area contributed by atoms with Gasteiger partial charge in [-0.15, -0.1) is 0 Å². The van der Waals surface area contributed by atoms with Gasteiger partial charge in [0.1, 0.15) is 0 Å². The Morgan fingerprint density at radius 3 is 2.96 bits per heavy atom. The highest BCUT2D eigenvalue weighted by atomic mass is 16.5. The molecule has 2 saturated heterocycles. The number of carbonyl (C=O) groups excluding carboxylic acids is 1. The smallest absolute Gasteiger partial charge is 0.276 e. The molecule has 4 heterocycles. The Morgan fingerprint density at radius 2 is 2.17 bits per heavy atom. The van der Waals surface area contributed by atoms with Gasteiger partial charge >= 0.3 is 0 Å². The monoisotopic (exact) mass is 327 g/mol. The zero-order valence-corrected chi connectivity index (χ0v) is 13.5. The molecule has 1 atom stereocenters. The van der Waals surface area contributed by atoms with Crippen LogP contribution in [0.1, 0.15) is 16.9 Å². The summed E-state index contributed by atoms with van der Waals surface area (Å²) in [5.41, 5.74) is 1.19. The van der Waals surface area contributed by atoms with Crippen LogP contribution in [0.25, 0.3) is 11.3 Å². The van der Waals surface area contributed by atoms with E-state index in [-0.39, 0.29) is 5.91 Å². The highest BCUT2D eigenvalue weighted by molar-refractivity contribution is 5.93. The van der Waals surface area contributed by atoms with Crippen LogP contribution >= 0.6 is 0 Å². The maximum atomic E-state index is 12.7. The summed E-state index contributed by atoms with van der Waals surface area (Å²) in [6, 6.07) is 5.88. The molecule has 7 nitrogen and oxygen atoms in total. The third kappa shape index (κ3) is 3.05. The molecule has 1 amide bonds. The van der Waals surface area contributed by atoms with Gasteiger partial charge in [0.2, 0.25) is 0 Å². The molecule has 7 heteroatoms. The molecule has 126 valence electrons. The number of piperazine rings is 1. The van der Waals surface area contributed by atoms with E-state index in [4.69, 9.17) is 4.52 Å². The summed E-state index contributed by atoms with van der Waals surface area (Å²) in [4.78, 5) is 21.1. The molecule has 0 spiro atoms. The first-order valence-corrected chi connectivity index (χ1v) is 8.42. The van der Waals surface area contributed by atoms with E-state index in [9.17, 15) is 4.79 Å². The second-order valence-corrected chi connectivity index (χ2v) is 6.30. The normalized spacial score (nSPS) is 22.0. The molecule has 0 radical (unpaired) electrons. The number of nitrogens with zero attached hydrogens (tertiary/aromatic N) is 4. The van der Waals surface area contributed by atoms with Crippen molar-refractivity contribution in [1.29, 1.82) is 0 Å². The molecule has 1 N–H and O–H groups in total. The second-order valence-electron chi connectivity index (χ2n) is 6.30. The summed E-state index contributed by atoms with van der Waals surface area (Å²) < 4.78 is 5.32. The van der Waals surface area contributed by atoms with Crippen LogP contribution in [-0.2, 0) is 0 Å². The molecule has 0 aliphatic carbocycles. The van der Waals surface area contributed by atoms with Gasteiger partial charge in [0.05, 0.1) is 0 Å². The van der Waals surface area contributed by atoms with Gasteiger partial charge in [-0.25, -0.2) is 0 Å². The van der Waals surface area contributed by atoms with Gasteiger partial charge in [-0.3, -0.25) is 14.7 Å². The van der Waals surface area contributed by atoms with Gasteiger partial charge < -0.3 is 14.7 Å². The van der Waals surface area contributed by atoms with Crippen molar-refractivity contribution in [2.75, 3.05) is 39.3 Å². The minimum atomic E-state index is -0.0495.